The van der Waals surface area contributed by atoms with Gasteiger partial charge < -0.3 is 5.32 Å². The first-order valence-electron chi connectivity index (χ1n) is 7.60. The predicted octanol–water partition coefficient (Wildman–Crippen LogP) is 4.70. The fraction of sp³-hybridized carbons (Fsp3) is 0.0556. The highest BCUT2D eigenvalue weighted by Crippen LogP contribution is 2.27. The fourth-order valence-corrected chi connectivity index (χ4v) is 3.67. The minimum absolute atomic E-state index is 0.284. The summed E-state index contributed by atoms with van der Waals surface area (Å²) in [7, 11) is 0. The fourth-order valence-electron chi connectivity index (χ4n) is 2.51. The Kier molecular flexibility index (Phi) is 3.99. The average Bonchev–Trinajstić information content (AvgIpc) is 3.18. The summed E-state index contributed by atoms with van der Waals surface area (Å²) in [6.45, 7) is 1.87. The van der Waals surface area contributed by atoms with Crippen LogP contribution in [0.1, 0.15) is 16.1 Å². The summed E-state index contributed by atoms with van der Waals surface area (Å²) in [5.41, 5.74) is 2.10. The van der Waals surface area contributed by atoms with E-state index in [1.165, 1.54) is 11.3 Å². The van der Waals surface area contributed by atoms with Gasteiger partial charge in [-0.3, -0.25) is 4.79 Å². The molecule has 0 aliphatic carbocycles. The zero-order valence-electron chi connectivity index (χ0n) is 13.2. The molecule has 0 unspecified atom stereocenters. The van der Waals surface area contributed by atoms with Crippen molar-refractivity contribution < 1.29 is 4.79 Å². The van der Waals surface area contributed by atoms with Crippen molar-refractivity contribution in [1.82, 2.24) is 14.8 Å². The lowest BCUT2D eigenvalue weighted by molar-refractivity contribution is 0.102. The molecule has 124 valence electrons. The van der Waals surface area contributed by atoms with Crippen LogP contribution >= 0.6 is 22.9 Å². The van der Waals surface area contributed by atoms with Gasteiger partial charge in [-0.05, 0) is 31.2 Å². The first kappa shape index (κ1) is 15.8. The summed E-state index contributed by atoms with van der Waals surface area (Å²) in [6.07, 6.45) is 0. The molecular formula is C18H13ClN4OS. The summed E-state index contributed by atoms with van der Waals surface area (Å²) in [4.78, 5) is 17.1. The average molecular weight is 369 g/mol. The van der Waals surface area contributed by atoms with Gasteiger partial charge in [0.1, 0.15) is 5.82 Å². The first-order chi connectivity index (χ1) is 12.1. The SMILES string of the molecule is Cc1cc(NC(=O)c2ccccc2Cl)n(-c2nc3ccccc3s2)n1. The molecule has 0 aliphatic heterocycles. The van der Waals surface area contributed by atoms with Gasteiger partial charge in [-0.1, -0.05) is 47.2 Å². The molecule has 2 heterocycles. The number of nitrogens with zero attached hydrogens (tertiary/aromatic N) is 3. The van der Waals surface area contributed by atoms with Gasteiger partial charge in [0, 0.05) is 6.07 Å². The van der Waals surface area contributed by atoms with E-state index in [0.717, 1.165) is 15.9 Å². The maximum atomic E-state index is 12.5. The van der Waals surface area contributed by atoms with Gasteiger partial charge in [-0.15, -0.1) is 0 Å². The third-order valence-corrected chi connectivity index (χ3v) is 5.00. The molecular weight excluding hydrogens is 356 g/mol. The Morgan fingerprint density at radius 3 is 2.72 bits per heavy atom. The topological polar surface area (TPSA) is 59.8 Å². The number of para-hydroxylation sites is 1. The number of benzene rings is 2. The number of nitrogens with one attached hydrogen (secondary N) is 1. The number of hydrogen-bond acceptors (Lipinski definition) is 4. The van der Waals surface area contributed by atoms with Crippen LogP contribution in [0.5, 0.6) is 0 Å². The van der Waals surface area contributed by atoms with Crippen LogP contribution < -0.4 is 5.32 Å². The van der Waals surface area contributed by atoms with Gasteiger partial charge in [-0.2, -0.15) is 9.78 Å². The second kappa shape index (κ2) is 6.31. The van der Waals surface area contributed by atoms with Crippen LogP contribution in [-0.4, -0.2) is 20.7 Å². The standard InChI is InChI=1S/C18H13ClN4OS/c1-11-10-16(21-17(24)12-6-2-3-7-13(12)19)23(22-11)18-20-14-8-4-5-9-15(14)25-18/h2-10H,1H3,(H,21,24). The molecule has 0 radical (unpaired) electrons. The number of aromatic nitrogens is 3. The Hall–Kier alpha value is -2.70. The number of rotatable bonds is 3. The first-order valence-corrected chi connectivity index (χ1v) is 8.80. The molecule has 0 saturated carbocycles. The van der Waals surface area contributed by atoms with E-state index < -0.39 is 0 Å². The number of halogens is 1. The Labute approximate surface area is 152 Å². The van der Waals surface area contributed by atoms with Gasteiger partial charge >= 0.3 is 0 Å². The van der Waals surface area contributed by atoms with Crippen molar-refractivity contribution >= 4 is 44.9 Å². The van der Waals surface area contributed by atoms with Crippen LogP contribution in [0.2, 0.25) is 5.02 Å². The number of amides is 1. The molecule has 0 fully saturated rings. The van der Waals surface area contributed by atoms with Crippen molar-refractivity contribution in [2.24, 2.45) is 0 Å². The van der Waals surface area contributed by atoms with Crippen molar-refractivity contribution in [3.8, 4) is 5.13 Å². The molecule has 5 nitrogen and oxygen atoms in total. The van der Waals surface area contributed by atoms with Gasteiger partial charge in [0.2, 0.25) is 5.13 Å². The van der Waals surface area contributed by atoms with E-state index in [1.807, 2.05) is 31.2 Å². The maximum Gasteiger partial charge on any atom is 0.258 e. The number of anilines is 1. The van der Waals surface area contributed by atoms with E-state index in [2.05, 4.69) is 15.4 Å². The Balaban J connectivity index is 1.72. The number of thiazole rings is 1. The smallest absolute Gasteiger partial charge is 0.258 e. The van der Waals surface area contributed by atoms with Gasteiger partial charge in [-0.25, -0.2) is 4.98 Å². The van der Waals surface area contributed by atoms with Gasteiger partial charge in [0.25, 0.3) is 5.91 Å². The monoisotopic (exact) mass is 368 g/mol. The van der Waals surface area contributed by atoms with E-state index in [0.29, 0.717) is 21.5 Å². The molecule has 0 bridgehead atoms. The summed E-state index contributed by atoms with van der Waals surface area (Å²) < 4.78 is 2.71. The lowest BCUT2D eigenvalue weighted by Crippen LogP contribution is -2.15. The molecule has 1 N–H and O–H groups in total. The third-order valence-electron chi connectivity index (χ3n) is 3.66. The second-order valence-electron chi connectivity index (χ2n) is 5.48. The molecule has 2 aromatic heterocycles. The number of fused-ring (bicyclic) bond motifs is 1. The van der Waals surface area contributed by atoms with E-state index in [-0.39, 0.29) is 5.91 Å². The Morgan fingerprint density at radius 2 is 1.92 bits per heavy atom. The Morgan fingerprint density at radius 1 is 1.16 bits per heavy atom. The van der Waals surface area contributed by atoms with E-state index in [9.17, 15) is 4.79 Å². The lowest BCUT2D eigenvalue weighted by Gasteiger charge is -2.07. The summed E-state index contributed by atoms with van der Waals surface area (Å²) in [6, 6.07) is 16.6. The van der Waals surface area contributed by atoms with Crippen molar-refractivity contribution in [3.05, 3.63) is 70.9 Å². The normalized spacial score (nSPS) is 11.0. The zero-order chi connectivity index (χ0) is 17.4. The number of hydrogen-bond donors (Lipinski definition) is 1. The van der Waals surface area contributed by atoms with Crippen LogP contribution in [-0.2, 0) is 0 Å². The molecule has 1 amide bonds. The molecule has 0 aliphatic rings. The highest BCUT2D eigenvalue weighted by molar-refractivity contribution is 7.20. The molecule has 4 aromatic rings. The van der Waals surface area contributed by atoms with Crippen LogP contribution in [0.25, 0.3) is 15.3 Å². The van der Waals surface area contributed by atoms with Gasteiger partial charge in [0.05, 0.1) is 26.5 Å². The number of carbonyl (C=O) groups excluding carboxylic acids is 1. The van der Waals surface area contributed by atoms with E-state index >= 15 is 0 Å². The van der Waals surface area contributed by atoms with Crippen LogP contribution in [0.15, 0.2) is 54.6 Å². The lowest BCUT2D eigenvalue weighted by atomic mass is 10.2. The van der Waals surface area contributed by atoms with Crippen molar-refractivity contribution in [2.45, 2.75) is 6.92 Å². The van der Waals surface area contributed by atoms with Crippen molar-refractivity contribution in [2.75, 3.05) is 5.32 Å². The van der Waals surface area contributed by atoms with Crippen molar-refractivity contribution in [1.29, 1.82) is 0 Å². The summed E-state index contributed by atoms with van der Waals surface area (Å²) >= 11 is 7.62. The van der Waals surface area contributed by atoms with Gasteiger partial charge in [0.15, 0.2) is 0 Å². The molecule has 0 atom stereocenters. The molecule has 7 heteroatoms. The predicted molar refractivity (Wildman–Crippen MR) is 101 cm³/mol. The zero-order valence-corrected chi connectivity index (χ0v) is 14.8. The van der Waals surface area contributed by atoms with Crippen molar-refractivity contribution in [3.63, 3.8) is 0 Å². The quantitative estimate of drug-likeness (QED) is 0.570. The second-order valence-corrected chi connectivity index (χ2v) is 6.90. The van der Waals surface area contributed by atoms with E-state index in [4.69, 9.17) is 11.6 Å². The summed E-state index contributed by atoms with van der Waals surface area (Å²) in [5, 5.41) is 8.44. The van der Waals surface area contributed by atoms with Crippen LogP contribution in [0.3, 0.4) is 0 Å². The number of carbonyl (C=O) groups is 1. The molecule has 2 aromatic carbocycles. The minimum Gasteiger partial charge on any atom is -0.306 e. The number of aryl methyl sites for hydroxylation is 1. The molecule has 4 rings (SSSR count). The third kappa shape index (κ3) is 3.01. The molecule has 0 spiro atoms. The Bertz CT molecular complexity index is 1050. The maximum absolute atomic E-state index is 12.5. The minimum atomic E-state index is -0.284. The summed E-state index contributed by atoms with van der Waals surface area (Å²) in [5.74, 6) is 0.273. The van der Waals surface area contributed by atoms with Crippen LogP contribution in [0, 0.1) is 6.92 Å². The highest BCUT2D eigenvalue weighted by atomic mass is 35.5. The highest BCUT2D eigenvalue weighted by Gasteiger charge is 2.16. The molecule has 25 heavy (non-hydrogen) atoms. The molecule has 0 saturated heterocycles. The van der Waals surface area contributed by atoms with E-state index in [1.54, 1.807) is 35.0 Å². The van der Waals surface area contributed by atoms with Crippen LogP contribution in [0.4, 0.5) is 5.82 Å². The largest absolute Gasteiger partial charge is 0.306 e.